The average Bonchev–Trinajstić information content (AvgIpc) is 3.21. The molecule has 1 radical (unpaired) electrons. The minimum Gasteiger partial charge on any atom is -0.480 e. The van der Waals surface area contributed by atoms with E-state index >= 15 is 0 Å². The van der Waals surface area contributed by atoms with E-state index in [1.165, 1.54) is 38.5 Å². The Kier molecular flexibility index (Phi) is 35.0. The summed E-state index contributed by atoms with van der Waals surface area (Å²) in [5, 5.41) is 20.4. The highest BCUT2D eigenvalue weighted by Gasteiger charge is 2.32. The Morgan fingerprint density at radius 2 is 0.966 bits per heavy atom. The van der Waals surface area contributed by atoms with Crippen molar-refractivity contribution < 1.29 is 67.1 Å². The monoisotopic (exact) mass is 843 g/mol. The Morgan fingerprint density at radius 3 is 1.42 bits per heavy atom. The maximum absolute atomic E-state index is 13.3. The number of hydrogen-bond acceptors (Lipinski definition) is 13. The summed E-state index contributed by atoms with van der Waals surface area (Å²) in [6, 6.07) is -1.37. The Hall–Kier alpha value is -3.55. The van der Waals surface area contributed by atoms with Gasteiger partial charge in [0.1, 0.15) is 31.6 Å². The molecule has 1 fully saturated rings. The number of carbonyl (C=O) groups is 6. The van der Waals surface area contributed by atoms with Gasteiger partial charge in [-0.3, -0.25) is 28.8 Å². The van der Waals surface area contributed by atoms with E-state index in [0.717, 1.165) is 38.5 Å². The highest BCUT2D eigenvalue weighted by Crippen LogP contribution is 2.17. The van der Waals surface area contributed by atoms with Gasteiger partial charge in [0.2, 0.25) is 29.9 Å². The molecule has 0 bridgehead atoms. The molecular weight excluding hydrogens is 772 g/mol. The van der Waals surface area contributed by atoms with Gasteiger partial charge in [-0.1, -0.05) is 77.0 Å². The number of nitrogens with one attached hydrogen (secondary N) is 4. The standard InChI is InChI=1S/C41H71N4O14/c46-20-24-57-26-25-54-21-17-42-38(49)32-58-29-27-55-22-18-43-39(50)33-59-30-28-56-23-19-44-40(51)34-31-35(41(52)53)45-37(48)16-14-12-10-8-6-4-2-1-3-5-7-9-11-13-15-36(34)47/h34-35H,1-19,21-33H2,(H,42,49)(H,43,50)(H,44,51)(H,45,48)(H,52,53)/t34?,35-/m0/s1. The van der Waals surface area contributed by atoms with Crippen LogP contribution in [0.5, 0.6) is 0 Å². The van der Waals surface area contributed by atoms with Gasteiger partial charge in [-0.2, -0.15) is 0 Å². The van der Waals surface area contributed by atoms with Crippen molar-refractivity contribution in [2.45, 2.75) is 115 Å². The molecule has 18 heteroatoms. The number of carboxylic acid groups (broad SMARTS) is 1. The Morgan fingerprint density at radius 1 is 0.559 bits per heavy atom. The minimum atomic E-state index is -1.37. The molecule has 0 saturated carbocycles. The van der Waals surface area contributed by atoms with E-state index in [0.29, 0.717) is 32.6 Å². The minimum absolute atomic E-state index is 0.0717. The number of rotatable bonds is 26. The van der Waals surface area contributed by atoms with E-state index in [1.807, 2.05) is 0 Å². The van der Waals surface area contributed by atoms with E-state index < -0.39 is 29.7 Å². The molecule has 0 aliphatic carbocycles. The molecule has 1 saturated heterocycles. The molecule has 0 aromatic carbocycles. The number of ether oxygens (including phenoxy) is 6. The lowest BCUT2D eigenvalue weighted by molar-refractivity contribution is -0.143. The van der Waals surface area contributed by atoms with Crippen LogP contribution in [-0.2, 0) is 62.0 Å². The van der Waals surface area contributed by atoms with Gasteiger partial charge < -0.3 is 54.8 Å². The van der Waals surface area contributed by atoms with Crippen molar-refractivity contribution in [3.63, 3.8) is 0 Å². The smallest absolute Gasteiger partial charge is 0.326 e. The highest BCUT2D eigenvalue weighted by molar-refractivity contribution is 6.02. The zero-order valence-electron chi connectivity index (χ0n) is 35.0. The second kappa shape index (κ2) is 38.6. The molecule has 5 N–H and O–H groups in total. The summed E-state index contributed by atoms with van der Waals surface area (Å²) in [6.07, 6.45) is 16.2. The van der Waals surface area contributed by atoms with Crippen molar-refractivity contribution in [2.75, 3.05) is 98.9 Å². The number of aliphatic carboxylic acids is 1. The first-order valence-corrected chi connectivity index (χ1v) is 21.4. The van der Waals surface area contributed by atoms with E-state index in [4.69, 9.17) is 28.4 Å². The molecule has 0 spiro atoms. The van der Waals surface area contributed by atoms with Crippen molar-refractivity contribution in [2.24, 2.45) is 5.92 Å². The Balaban J connectivity index is 2.26. The molecular formula is C41H71N4O14. The zero-order valence-corrected chi connectivity index (χ0v) is 35.0. The first kappa shape index (κ1) is 53.5. The number of carboxylic acids is 1. The lowest BCUT2D eigenvalue weighted by atomic mass is 9.91. The number of ketones is 1. The predicted molar refractivity (Wildman–Crippen MR) is 216 cm³/mol. The fraction of sp³-hybridized carbons (Fsp3) is 0.829. The molecule has 1 aliphatic heterocycles. The summed E-state index contributed by atoms with van der Waals surface area (Å²) < 4.78 is 31.5. The molecule has 59 heavy (non-hydrogen) atoms. The second-order valence-corrected chi connectivity index (χ2v) is 14.3. The van der Waals surface area contributed by atoms with Crippen molar-refractivity contribution >= 4 is 41.7 Å². The molecule has 18 nitrogen and oxygen atoms in total. The van der Waals surface area contributed by atoms with Crippen LogP contribution < -0.4 is 21.3 Å². The summed E-state index contributed by atoms with van der Waals surface area (Å²) in [6.45, 7) is 2.10. The van der Waals surface area contributed by atoms with Gasteiger partial charge in [0.25, 0.3) is 0 Å². The fourth-order valence-electron chi connectivity index (χ4n) is 6.09. The maximum atomic E-state index is 13.3. The lowest BCUT2D eigenvalue weighted by Crippen LogP contribution is -2.46. The van der Waals surface area contributed by atoms with E-state index in [1.54, 1.807) is 6.29 Å². The van der Waals surface area contributed by atoms with Gasteiger partial charge in [0.15, 0.2) is 0 Å². The summed E-state index contributed by atoms with van der Waals surface area (Å²) in [7, 11) is 0. The zero-order chi connectivity index (χ0) is 43.0. The molecule has 339 valence electrons. The predicted octanol–water partition coefficient (Wildman–Crippen LogP) is 1.94. The number of amides is 4. The fourth-order valence-corrected chi connectivity index (χ4v) is 6.09. The van der Waals surface area contributed by atoms with E-state index in [9.17, 15) is 38.7 Å². The Labute approximate surface area is 349 Å². The van der Waals surface area contributed by atoms with Crippen LogP contribution in [0.3, 0.4) is 0 Å². The third-order valence-electron chi connectivity index (χ3n) is 9.31. The van der Waals surface area contributed by atoms with Gasteiger partial charge in [0, 0.05) is 32.5 Å². The molecule has 1 heterocycles. The summed E-state index contributed by atoms with van der Waals surface area (Å²) >= 11 is 0. The lowest BCUT2D eigenvalue weighted by Gasteiger charge is -2.21. The van der Waals surface area contributed by atoms with Gasteiger partial charge in [-0.25, -0.2) is 4.79 Å². The molecule has 4 amide bonds. The molecule has 2 atom stereocenters. The second-order valence-electron chi connectivity index (χ2n) is 14.3. The van der Waals surface area contributed by atoms with Crippen molar-refractivity contribution in [1.29, 1.82) is 0 Å². The molecule has 0 aromatic heterocycles. The van der Waals surface area contributed by atoms with Gasteiger partial charge >= 0.3 is 5.97 Å². The molecule has 1 unspecified atom stereocenters. The van der Waals surface area contributed by atoms with Crippen LogP contribution in [0.25, 0.3) is 0 Å². The summed E-state index contributed by atoms with van der Waals surface area (Å²) in [5.74, 6) is -4.50. The largest absolute Gasteiger partial charge is 0.480 e. The highest BCUT2D eigenvalue weighted by atomic mass is 16.5. The van der Waals surface area contributed by atoms with Gasteiger partial charge in [-0.05, 0) is 19.3 Å². The Bertz CT molecular complexity index is 1160. The van der Waals surface area contributed by atoms with Crippen LogP contribution >= 0.6 is 0 Å². The van der Waals surface area contributed by atoms with Crippen LogP contribution in [0.4, 0.5) is 0 Å². The maximum Gasteiger partial charge on any atom is 0.326 e. The average molecular weight is 844 g/mol. The number of carbonyl (C=O) groups excluding carboxylic acids is 6. The first-order chi connectivity index (χ1) is 28.7. The third kappa shape index (κ3) is 32.9. The van der Waals surface area contributed by atoms with E-state index in [-0.39, 0.29) is 116 Å². The topological polar surface area (TPSA) is 243 Å². The number of Topliss-reactive ketones (excluding diaryl/α,β-unsaturated/α-hetero) is 1. The quantitative estimate of drug-likeness (QED) is 0.0618. The van der Waals surface area contributed by atoms with Crippen molar-refractivity contribution in [3.8, 4) is 0 Å². The molecule has 1 rings (SSSR count). The summed E-state index contributed by atoms with van der Waals surface area (Å²) in [4.78, 5) is 84.9. The van der Waals surface area contributed by atoms with Crippen molar-refractivity contribution in [1.82, 2.24) is 21.3 Å². The first-order valence-electron chi connectivity index (χ1n) is 21.4. The van der Waals surface area contributed by atoms with Crippen LogP contribution in [-0.4, -0.2) is 152 Å². The van der Waals surface area contributed by atoms with Crippen molar-refractivity contribution in [3.05, 3.63) is 0 Å². The molecule has 0 aromatic rings. The molecule has 1 aliphatic rings. The van der Waals surface area contributed by atoms with E-state index in [2.05, 4.69) is 21.3 Å². The van der Waals surface area contributed by atoms with Gasteiger partial charge in [0.05, 0.1) is 65.4 Å². The van der Waals surface area contributed by atoms with Crippen LogP contribution in [0, 0.1) is 5.92 Å². The SMILES string of the molecule is O=[C]COCCOCCNC(=O)COCCOCCNC(=O)COCCOCCNC(=O)C1C[C@@H](C(=O)O)NC(=O)CCCCCCCCCCCCCCCCC1=O. The normalized spacial score (nSPS) is 18.4. The van der Waals surface area contributed by atoms with Gasteiger partial charge in [-0.15, -0.1) is 0 Å². The van der Waals surface area contributed by atoms with Crippen LogP contribution in [0.1, 0.15) is 109 Å². The summed E-state index contributed by atoms with van der Waals surface area (Å²) in [5.41, 5.74) is 0. The number of hydrogen-bond donors (Lipinski definition) is 5. The van der Waals surface area contributed by atoms with Crippen LogP contribution in [0.2, 0.25) is 0 Å². The van der Waals surface area contributed by atoms with Crippen LogP contribution in [0.15, 0.2) is 0 Å². The third-order valence-corrected chi connectivity index (χ3v) is 9.31.